The molecule has 2 aromatic heterocycles. The molecule has 0 saturated carbocycles. The van der Waals surface area contributed by atoms with Gasteiger partial charge in [0.2, 0.25) is 0 Å². The molecule has 0 unspecified atom stereocenters. The highest BCUT2D eigenvalue weighted by atomic mass is 16.5. The van der Waals surface area contributed by atoms with Crippen molar-refractivity contribution >= 4 is 11.6 Å². The van der Waals surface area contributed by atoms with Crippen LogP contribution in [-0.4, -0.2) is 71.2 Å². The van der Waals surface area contributed by atoms with E-state index in [1.165, 1.54) is 4.68 Å². The second-order valence-corrected chi connectivity index (χ2v) is 7.82. The van der Waals surface area contributed by atoms with Gasteiger partial charge in [0.05, 0.1) is 24.5 Å². The fourth-order valence-corrected chi connectivity index (χ4v) is 3.49. The van der Waals surface area contributed by atoms with Crippen molar-refractivity contribution in [3.63, 3.8) is 0 Å². The van der Waals surface area contributed by atoms with E-state index in [2.05, 4.69) is 15.3 Å². The number of aromatic nitrogens is 4. The average molecular weight is 402 g/mol. The van der Waals surface area contributed by atoms with Crippen LogP contribution in [0.2, 0.25) is 0 Å². The molecule has 3 heterocycles. The number of amides is 1. The molecule has 158 valence electrons. The summed E-state index contributed by atoms with van der Waals surface area (Å²) in [5.41, 5.74) is 1.95. The Bertz CT molecular complexity index is 890. The maximum atomic E-state index is 12.9. The lowest BCUT2D eigenvalue weighted by Crippen LogP contribution is -2.43. The molecule has 1 aliphatic heterocycles. The summed E-state index contributed by atoms with van der Waals surface area (Å²) in [5.74, 6) is 0.170. The summed E-state index contributed by atoms with van der Waals surface area (Å²) in [7, 11) is 3.54. The van der Waals surface area contributed by atoms with Gasteiger partial charge >= 0.3 is 0 Å². The molecule has 1 atom stereocenters. The summed E-state index contributed by atoms with van der Waals surface area (Å²) in [6.07, 6.45) is 3.33. The van der Waals surface area contributed by atoms with Crippen molar-refractivity contribution < 1.29 is 9.53 Å². The Labute approximate surface area is 170 Å². The Morgan fingerprint density at radius 1 is 1.41 bits per heavy atom. The molecule has 1 aliphatic rings. The third-order valence-electron chi connectivity index (χ3n) is 5.35. The SMILES string of the molecule is COCCN(C)c1cnn([C@@H]2CCCN(C(=O)c3cc(C(C)C)[nH]n3)C2)c(=O)c1. The van der Waals surface area contributed by atoms with E-state index in [4.69, 9.17) is 4.74 Å². The van der Waals surface area contributed by atoms with Crippen molar-refractivity contribution in [2.45, 2.75) is 38.6 Å². The van der Waals surface area contributed by atoms with Gasteiger partial charge in [-0.25, -0.2) is 4.68 Å². The zero-order valence-electron chi connectivity index (χ0n) is 17.6. The van der Waals surface area contributed by atoms with Crippen LogP contribution in [-0.2, 0) is 4.74 Å². The van der Waals surface area contributed by atoms with Crippen LogP contribution < -0.4 is 10.5 Å². The molecule has 0 bridgehead atoms. The van der Waals surface area contributed by atoms with Gasteiger partial charge in [-0.3, -0.25) is 14.7 Å². The molecule has 1 N–H and O–H groups in total. The van der Waals surface area contributed by atoms with Crippen molar-refractivity contribution in [1.29, 1.82) is 0 Å². The minimum atomic E-state index is -0.159. The van der Waals surface area contributed by atoms with Gasteiger partial charge in [-0.15, -0.1) is 0 Å². The number of anilines is 1. The van der Waals surface area contributed by atoms with Crippen LogP contribution in [0.1, 0.15) is 54.8 Å². The number of likely N-dealkylation sites (N-methyl/N-ethyl adjacent to an activating group) is 1. The molecule has 3 rings (SSSR count). The topological polar surface area (TPSA) is 96.3 Å². The number of hydrogen-bond donors (Lipinski definition) is 1. The number of methoxy groups -OCH3 is 1. The molecule has 0 radical (unpaired) electrons. The predicted molar refractivity (Wildman–Crippen MR) is 110 cm³/mol. The van der Waals surface area contributed by atoms with Crippen LogP contribution in [0.5, 0.6) is 0 Å². The summed E-state index contributed by atoms with van der Waals surface area (Å²) in [5, 5.41) is 11.5. The molecule has 2 aromatic rings. The standard InChI is InChI=1S/C20H30N6O3/c1-14(2)17-11-18(23-22-17)20(28)25-7-5-6-15(13-25)26-19(27)10-16(12-21-26)24(3)8-9-29-4/h10-12,14-15H,5-9,13H2,1-4H3,(H,22,23)/t15-/m1/s1. The maximum Gasteiger partial charge on any atom is 0.274 e. The lowest BCUT2D eigenvalue weighted by Gasteiger charge is -2.32. The minimum Gasteiger partial charge on any atom is -0.383 e. The smallest absolute Gasteiger partial charge is 0.274 e. The highest BCUT2D eigenvalue weighted by Gasteiger charge is 2.28. The first-order valence-electron chi connectivity index (χ1n) is 10.0. The van der Waals surface area contributed by atoms with Crippen LogP contribution >= 0.6 is 0 Å². The van der Waals surface area contributed by atoms with Gasteiger partial charge in [-0.05, 0) is 24.8 Å². The molecular formula is C20H30N6O3. The monoisotopic (exact) mass is 402 g/mol. The molecule has 1 saturated heterocycles. The predicted octanol–water partition coefficient (Wildman–Crippen LogP) is 1.65. The highest BCUT2D eigenvalue weighted by Crippen LogP contribution is 2.22. The third-order valence-corrected chi connectivity index (χ3v) is 5.35. The molecule has 1 fully saturated rings. The number of aromatic amines is 1. The third kappa shape index (κ3) is 4.84. The van der Waals surface area contributed by atoms with Crippen molar-refractivity contribution in [3.05, 3.63) is 40.1 Å². The number of rotatable bonds is 7. The van der Waals surface area contributed by atoms with Gasteiger partial charge < -0.3 is 14.5 Å². The Kier molecular flexibility index (Phi) is 6.68. The summed E-state index contributed by atoms with van der Waals surface area (Å²) in [4.78, 5) is 29.2. The molecule has 0 aliphatic carbocycles. The molecule has 0 aromatic carbocycles. The molecule has 1 amide bonds. The van der Waals surface area contributed by atoms with Gasteiger partial charge in [0, 0.05) is 45.6 Å². The number of nitrogens with zero attached hydrogens (tertiary/aromatic N) is 5. The number of likely N-dealkylation sites (tertiary alicyclic amines) is 1. The molecule has 29 heavy (non-hydrogen) atoms. The number of piperidine rings is 1. The van der Waals surface area contributed by atoms with E-state index in [9.17, 15) is 9.59 Å². The number of hydrogen-bond acceptors (Lipinski definition) is 6. The normalized spacial score (nSPS) is 17.0. The van der Waals surface area contributed by atoms with E-state index in [0.29, 0.717) is 31.9 Å². The largest absolute Gasteiger partial charge is 0.383 e. The molecule has 0 spiro atoms. The van der Waals surface area contributed by atoms with E-state index in [0.717, 1.165) is 24.2 Å². The first-order valence-corrected chi connectivity index (χ1v) is 10.0. The first-order chi connectivity index (χ1) is 13.9. The van der Waals surface area contributed by atoms with Crippen molar-refractivity contribution in [3.8, 4) is 0 Å². The summed E-state index contributed by atoms with van der Waals surface area (Å²) in [6.45, 7) is 6.46. The van der Waals surface area contributed by atoms with Crippen LogP contribution in [0.25, 0.3) is 0 Å². The summed E-state index contributed by atoms with van der Waals surface area (Å²) >= 11 is 0. The van der Waals surface area contributed by atoms with Crippen molar-refractivity contribution in [2.75, 3.05) is 45.3 Å². The Morgan fingerprint density at radius 2 is 2.21 bits per heavy atom. The van der Waals surface area contributed by atoms with Crippen molar-refractivity contribution in [1.82, 2.24) is 24.9 Å². The van der Waals surface area contributed by atoms with Gasteiger partial charge in [0.1, 0.15) is 5.69 Å². The second-order valence-electron chi connectivity index (χ2n) is 7.82. The van der Waals surface area contributed by atoms with Gasteiger partial charge in [0.15, 0.2) is 0 Å². The molecular weight excluding hydrogens is 372 g/mol. The Hall–Kier alpha value is -2.68. The lowest BCUT2D eigenvalue weighted by atomic mass is 10.1. The zero-order chi connectivity index (χ0) is 21.0. The molecule has 9 nitrogen and oxygen atoms in total. The average Bonchev–Trinajstić information content (AvgIpc) is 3.22. The van der Waals surface area contributed by atoms with Gasteiger partial charge in [-0.1, -0.05) is 13.8 Å². The number of ether oxygens (including phenoxy) is 1. The Balaban J connectivity index is 1.71. The first kappa shape index (κ1) is 21.0. The maximum absolute atomic E-state index is 12.9. The summed E-state index contributed by atoms with van der Waals surface area (Å²) in [6, 6.07) is 3.26. The van der Waals surface area contributed by atoms with Crippen LogP contribution in [0, 0.1) is 0 Å². The highest BCUT2D eigenvalue weighted by molar-refractivity contribution is 5.92. The van der Waals surface area contributed by atoms with Crippen LogP contribution in [0.15, 0.2) is 23.1 Å². The van der Waals surface area contributed by atoms with Crippen molar-refractivity contribution in [2.24, 2.45) is 0 Å². The van der Waals surface area contributed by atoms with E-state index >= 15 is 0 Å². The fraction of sp³-hybridized carbons (Fsp3) is 0.600. The second kappa shape index (κ2) is 9.21. The number of H-pyrrole nitrogens is 1. The lowest BCUT2D eigenvalue weighted by molar-refractivity contribution is 0.0664. The van der Waals surface area contributed by atoms with Crippen LogP contribution in [0.3, 0.4) is 0 Å². The van der Waals surface area contributed by atoms with Crippen LogP contribution in [0.4, 0.5) is 5.69 Å². The number of carbonyl (C=O) groups excluding carboxylic acids is 1. The van der Waals surface area contributed by atoms with Gasteiger partial charge in [0.25, 0.3) is 11.5 Å². The fourth-order valence-electron chi connectivity index (χ4n) is 3.49. The minimum absolute atomic E-state index is 0.109. The number of nitrogens with one attached hydrogen (secondary N) is 1. The summed E-state index contributed by atoms with van der Waals surface area (Å²) < 4.78 is 6.58. The zero-order valence-corrected chi connectivity index (χ0v) is 17.6. The van der Waals surface area contributed by atoms with E-state index in [1.54, 1.807) is 24.3 Å². The number of carbonyl (C=O) groups is 1. The van der Waals surface area contributed by atoms with E-state index in [-0.39, 0.29) is 23.4 Å². The quantitative estimate of drug-likeness (QED) is 0.756. The molecule has 9 heteroatoms. The van der Waals surface area contributed by atoms with E-state index in [1.807, 2.05) is 31.9 Å². The van der Waals surface area contributed by atoms with Gasteiger partial charge in [-0.2, -0.15) is 10.2 Å². The van der Waals surface area contributed by atoms with E-state index < -0.39 is 0 Å². The Morgan fingerprint density at radius 3 is 2.86 bits per heavy atom.